The summed E-state index contributed by atoms with van der Waals surface area (Å²) in [5.74, 6) is 0. The molecule has 0 saturated heterocycles. The number of hydrogen-bond donors (Lipinski definition) is 4. The maximum atomic E-state index is 11.7. The van der Waals surface area contributed by atoms with Crippen LogP contribution in [-0.4, -0.2) is 40.2 Å². The first-order chi connectivity index (χ1) is 12.0. The number of aliphatic hydroxyl groups excluding tert-OH is 1. The monoisotopic (exact) mass is 348 g/mol. The predicted molar refractivity (Wildman–Crippen MR) is 101 cm³/mol. The Bertz CT molecular complexity index is 835. The van der Waals surface area contributed by atoms with Gasteiger partial charge in [0.25, 0.3) is 0 Å². The number of aromatic amines is 2. The number of benzene rings is 1. The van der Waals surface area contributed by atoms with Crippen molar-refractivity contribution in [1.82, 2.24) is 14.9 Å². The molecule has 0 unspecified atom stereocenters. The van der Waals surface area contributed by atoms with Gasteiger partial charge in [-0.05, 0) is 44.0 Å². The largest absolute Gasteiger partial charge is 0.400 e. The molecule has 0 spiro atoms. The summed E-state index contributed by atoms with van der Waals surface area (Å²) in [5, 5.41) is 7.00. The average Bonchev–Trinajstić information content (AvgIpc) is 2.63. The van der Waals surface area contributed by atoms with Crippen LogP contribution >= 0.6 is 0 Å². The first-order valence-electron chi connectivity index (χ1n) is 8.66. The Morgan fingerprint density at radius 1 is 1.16 bits per heavy atom. The van der Waals surface area contributed by atoms with Crippen molar-refractivity contribution in [3.63, 3.8) is 0 Å². The maximum Gasteiger partial charge on any atom is 0.314 e. The Hall–Kier alpha value is -2.12. The van der Waals surface area contributed by atoms with Crippen LogP contribution in [-0.2, 0) is 6.54 Å². The van der Waals surface area contributed by atoms with Crippen molar-refractivity contribution < 1.29 is 5.11 Å². The van der Waals surface area contributed by atoms with E-state index in [0.717, 1.165) is 18.2 Å². The Morgan fingerprint density at radius 2 is 1.76 bits per heavy atom. The van der Waals surface area contributed by atoms with Gasteiger partial charge in [0.2, 0.25) is 0 Å². The lowest BCUT2D eigenvalue weighted by molar-refractivity contribution is 0.185. The Balaban J connectivity index is 0.00000109. The summed E-state index contributed by atoms with van der Waals surface area (Å²) in [7, 11) is 3.12. The summed E-state index contributed by atoms with van der Waals surface area (Å²) in [4.78, 5) is 31.0. The first-order valence-corrected chi connectivity index (χ1v) is 8.66. The minimum Gasteiger partial charge on any atom is -0.400 e. The molecule has 1 aromatic heterocycles. The molecule has 1 saturated carbocycles. The number of nitrogens with two attached hydrogens (primary N) is 1. The molecule has 1 aliphatic carbocycles. The Kier molecular flexibility index (Phi) is 6.39. The molecule has 7 nitrogen and oxygen atoms in total. The van der Waals surface area contributed by atoms with Crippen LogP contribution in [0, 0.1) is 6.92 Å². The second-order valence-electron chi connectivity index (χ2n) is 6.61. The van der Waals surface area contributed by atoms with Gasteiger partial charge < -0.3 is 20.8 Å². The fraction of sp³-hybridized carbons (Fsp3) is 0.556. The van der Waals surface area contributed by atoms with E-state index in [4.69, 9.17) is 10.8 Å². The molecule has 0 amide bonds. The molecule has 25 heavy (non-hydrogen) atoms. The molecular formula is C18H28N4O3. The fourth-order valence-corrected chi connectivity index (χ4v) is 3.55. The molecular weight excluding hydrogens is 320 g/mol. The van der Waals surface area contributed by atoms with Crippen LogP contribution < -0.4 is 16.9 Å². The SMILES string of the molecule is CO.Cc1c(N)cc2[nH]c(=O)c(=O)[nH]c2c1CN(C)C1CCCCC1. The minimum absolute atomic E-state index is 0.564. The summed E-state index contributed by atoms with van der Waals surface area (Å²) in [5.41, 5.74) is 8.68. The van der Waals surface area contributed by atoms with Crippen molar-refractivity contribution in [1.29, 1.82) is 0 Å². The second kappa shape index (κ2) is 8.31. The molecule has 2 aromatic rings. The molecule has 0 atom stereocenters. The van der Waals surface area contributed by atoms with E-state index >= 15 is 0 Å². The highest BCUT2D eigenvalue weighted by Gasteiger charge is 2.20. The third-order valence-electron chi connectivity index (χ3n) is 5.06. The van der Waals surface area contributed by atoms with Crippen molar-refractivity contribution >= 4 is 16.7 Å². The molecule has 1 heterocycles. The Morgan fingerprint density at radius 3 is 2.40 bits per heavy atom. The molecule has 138 valence electrons. The van der Waals surface area contributed by atoms with E-state index in [9.17, 15) is 9.59 Å². The highest BCUT2D eigenvalue weighted by Crippen LogP contribution is 2.28. The zero-order chi connectivity index (χ0) is 18.6. The number of aliphatic hydroxyl groups is 1. The maximum absolute atomic E-state index is 11.7. The fourth-order valence-electron chi connectivity index (χ4n) is 3.55. The lowest BCUT2D eigenvalue weighted by Crippen LogP contribution is -2.34. The first kappa shape index (κ1) is 19.2. The number of nitrogens with one attached hydrogen (secondary N) is 2. The second-order valence-corrected chi connectivity index (χ2v) is 6.61. The van der Waals surface area contributed by atoms with Crippen LogP contribution in [0.3, 0.4) is 0 Å². The molecule has 7 heteroatoms. The molecule has 0 aliphatic heterocycles. The van der Waals surface area contributed by atoms with Crippen LogP contribution in [0.25, 0.3) is 11.0 Å². The van der Waals surface area contributed by atoms with Crippen molar-refractivity contribution in [2.75, 3.05) is 19.9 Å². The molecule has 5 N–H and O–H groups in total. The van der Waals surface area contributed by atoms with E-state index in [2.05, 4.69) is 21.9 Å². The van der Waals surface area contributed by atoms with Gasteiger partial charge in [-0.1, -0.05) is 19.3 Å². The van der Waals surface area contributed by atoms with Gasteiger partial charge in [0, 0.05) is 25.4 Å². The summed E-state index contributed by atoms with van der Waals surface area (Å²) >= 11 is 0. The van der Waals surface area contributed by atoms with E-state index in [0.29, 0.717) is 29.3 Å². The molecule has 0 radical (unpaired) electrons. The number of fused-ring (bicyclic) bond motifs is 1. The highest BCUT2D eigenvalue weighted by atomic mass is 16.2. The standard InChI is InChI=1S/C17H24N4O2.CH4O/c1-10-12(9-21(2)11-6-4-3-5-7-11)15-14(8-13(10)18)19-16(22)17(23)20-15;1-2/h8,11H,3-7,9,18H2,1-2H3,(H,19,22)(H,20,23);2H,1H3. The zero-order valence-corrected chi connectivity index (χ0v) is 15.2. The van der Waals surface area contributed by atoms with Crippen LogP contribution in [0.2, 0.25) is 0 Å². The van der Waals surface area contributed by atoms with E-state index in [-0.39, 0.29) is 0 Å². The van der Waals surface area contributed by atoms with Crippen molar-refractivity contribution in [3.05, 3.63) is 37.9 Å². The van der Waals surface area contributed by atoms with Crippen LogP contribution in [0.5, 0.6) is 0 Å². The van der Waals surface area contributed by atoms with E-state index in [1.165, 1.54) is 32.1 Å². The summed E-state index contributed by atoms with van der Waals surface area (Å²) < 4.78 is 0. The summed E-state index contributed by atoms with van der Waals surface area (Å²) in [6.45, 7) is 2.67. The predicted octanol–water partition coefficient (Wildman–Crippen LogP) is 1.48. The van der Waals surface area contributed by atoms with E-state index < -0.39 is 11.1 Å². The third kappa shape index (κ3) is 4.11. The quantitative estimate of drug-likeness (QED) is 0.495. The topological polar surface area (TPSA) is 115 Å². The van der Waals surface area contributed by atoms with Gasteiger partial charge in [0.15, 0.2) is 0 Å². The number of H-pyrrole nitrogens is 2. The van der Waals surface area contributed by atoms with Crippen LogP contribution in [0.1, 0.15) is 43.2 Å². The van der Waals surface area contributed by atoms with Gasteiger partial charge in [0.05, 0.1) is 11.0 Å². The van der Waals surface area contributed by atoms with Gasteiger partial charge in [0.1, 0.15) is 0 Å². The number of nitrogens with zero attached hydrogens (tertiary/aromatic N) is 1. The number of anilines is 1. The zero-order valence-electron chi connectivity index (χ0n) is 15.2. The van der Waals surface area contributed by atoms with Gasteiger partial charge in [-0.15, -0.1) is 0 Å². The van der Waals surface area contributed by atoms with E-state index in [1.54, 1.807) is 6.07 Å². The number of nitrogen functional groups attached to an aromatic ring is 1. The van der Waals surface area contributed by atoms with Crippen molar-refractivity contribution in [2.45, 2.75) is 51.6 Å². The normalized spacial score (nSPS) is 15.2. The van der Waals surface area contributed by atoms with Gasteiger partial charge in [-0.2, -0.15) is 0 Å². The summed E-state index contributed by atoms with van der Waals surface area (Å²) in [6.07, 6.45) is 6.29. The number of rotatable bonds is 3. The highest BCUT2D eigenvalue weighted by molar-refractivity contribution is 5.83. The molecule has 3 rings (SSSR count). The lowest BCUT2D eigenvalue weighted by atomic mass is 9.93. The number of hydrogen-bond acceptors (Lipinski definition) is 5. The molecule has 1 fully saturated rings. The number of aromatic nitrogens is 2. The molecule has 0 bridgehead atoms. The van der Waals surface area contributed by atoms with E-state index in [1.807, 2.05) is 6.92 Å². The van der Waals surface area contributed by atoms with Gasteiger partial charge in [-0.25, -0.2) is 0 Å². The smallest absolute Gasteiger partial charge is 0.314 e. The van der Waals surface area contributed by atoms with Gasteiger partial charge in [-0.3, -0.25) is 14.5 Å². The lowest BCUT2D eigenvalue weighted by Gasteiger charge is -2.32. The average molecular weight is 348 g/mol. The van der Waals surface area contributed by atoms with Crippen LogP contribution in [0.4, 0.5) is 5.69 Å². The molecule has 1 aliphatic rings. The van der Waals surface area contributed by atoms with Gasteiger partial charge >= 0.3 is 11.1 Å². The van der Waals surface area contributed by atoms with Crippen LogP contribution in [0.15, 0.2) is 15.7 Å². The summed E-state index contributed by atoms with van der Waals surface area (Å²) in [6, 6.07) is 2.28. The molecule has 1 aromatic carbocycles. The van der Waals surface area contributed by atoms with Crippen molar-refractivity contribution in [3.8, 4) is 0 Å². The third-order valence-corrected chi connectivity index (χ3v) is 5.06. The Labute approximate surface area is 146 Å². The van der Waals surface area contributed by atoms with Crippen molar-refractivity contribution in [2.24, 2.45) is 0 Å². The minimum atomic E-state index is -0.646.